The second kappa shape index (κ2) is 11.2. The topological polar surface area (TPSA) is 139 Å². The molecule has 12 heteroatoms. The summed E-state index contributed by atoms with van der Waals surface area (Å²) in [7, 11) is 0. The first-order valence-corrected chi connectivity index (χ1v) is 12.3. The van der Waals surface area contributed by atoms with Gasteiger partial charge in [-0.2, -0.15) is 0 Å². The Bertz CT molecular complexity index is 1200. The molecular formula is C25H29N5O7. The van der Waals surface area contributed by atoms with Crippen LogP contribution in [0.3, 0.4) is 0 Å². The van der Waals surface area contributed by atoms with Crippen LogP contribution in [0.25, 0.3) is 0 Å². The summed E-state index contributed by atoms with van der Waals surface area (Å²) in [6.45, 7) is 4.57. The lowest BCUT2D eigenvalue weighted by Crippen LogP contribution is -2.49. The van der Waals surface area contributed by atoms with Gasteiger partial charge in [-0.05, 0) is 50.5 Å². The molecule has 37 heavy (non-hydrogen) atoms. The number of nitro benzene ring substituents is 2. The van der Waals surface area contributed by atoms with Gasteiger partial charge in [0, 0.05) is 57.0 Å². The highest BCUT2D eigenvalue weighted by Gasteiger charge is 2.29. The van der Waals surface area contributed by atoms with E-state index in [1.165, 1.54) is 24.3 Å². The number of carbonyl (C=O) groups is 2. The lowest BCUT2D eigenvalue weighted by molar-refractivity contribution is -0.384. The lowest BCUT2D eigenvalue weighted by Gasteiger charge is -2.36. The zero-order chi connectivity index (χ0) is 26.5. The first-order valence-electron chi connectivity index (χ1n) is 12.3. The minimum absolute atomic E-state index is 0.0799. The number of amides is 1. The summed E-state index contributed by atoms with van der Waals surface area (Å²) in [5.74, 6) is -0.951. The van der Waals surface area contributed by atoms with Crippen molar-refractivity contribution in [1.29, 1.82) is 0 Å². The van der Waals surface area contributed by atoms with E-state index in [0.717, 1.165) is 32.4 Å². The van der Waals surface area contributed by atoms with Gasteiger partial charge in [-0.1, -0.05) is 0 Å². The standard InChI is InChI=1S/C25H29N5O7/c1-2-37-25(32)19-7-9-21(23(17-19)30(35)36)27-12-14-28(15-13-27)24(31)18-6-8-20(22(16-18)29(33)34)26-10-4-3-5-11-26/h6-9,16-17H,2-5,10-15H2,1H3. The molecule has 0 radical (unpaired) electrons. The van der Waals surface area contributed by atoms with Gasteiger partial charge < -0.3 is 19.4 Å². The Morgan fingerprint density at radius 2 is 1.30 bits per heavy atom. The van der Waals surface area contributed by atoms with E-state index >= 15 is 0 Å². The van der Waals surface area contributed by atoms with Crippen LogP contribution in [0.2, 0.25) is 0 Å². The summed E-state index contributed by atoms with van der Waals surface area (Å²) >= 11 is 0. The van der Waals surface area contributed by atoms with Crippen molar-refractivity contribution in [1.82, 2.24) is 4.90 Å². The third-order valence-electron chi connectivity index (χ3n) is 6.71. The van der Waals surface area contributed by atoms with Crippen LogP contribution in [0.15, 0.2) is 36.4 Å². The van der Waals surface area contributed by atoms with Crippen LogP contribution in [0.5, 0.6) is 0 Å². The summed E-state index contributed by atoms with van der Waals surface area (Å²) in [5, 5.41) is 23.5. The van der Waals surface area contributed by atoms with Crippen molar-refractivity contribution < 1.29 is 24.2 Å². The van der Waals surface area contributed by atoms with E-state index in [1.54, 1.807) is 28.9 Å². The predicted octanol–water partition coefficient (Wildman–Crippen LogP) is 3.63. The number of nitro groups is 2. The third kappa shape index (κ3) is 5.63. The lowest BCUT2D eigenvalue weighted by atomic mass is 10.1. The normalized spacial score (nSPS) is 15.9. The fraction of sp³-hybridized carbons (Fsp3) is 0.440. The number of anilines is 2. The van der Waals surface area contributed by atoms with Crippen molar-refractivity contribution >= 4 is 34.6 Å². The van der Waals surface area contributed by atoms with Gasteiger partial charge in [0.1, 0.15) is 11.4 Å². The highest BCUT2D eigenvalue weighted by atomic mass is 16.6. The molecule has 196 valence electrons. The van der Waals surface area contributed by atoms with Gasteiger partial charge in [-0.15, -0.1) is 0 Å². The summed E-state index contributed by atoms with van der Waals surface area (Å²) in [6, 6.07) is 8.84. The highest BCUT2D eigenvalue weighted by molar-refractivity contribution is 5.96. The summed E-state index contributed by atoms with van der Waals surface area (Å²) in [4.78, 5) is 53.0. The first kappa shape index (κ1) is 25.9. The molecular weight excluding hydrogens is 482 g/mol. The van der Waals surface area contributed by atoms with Gasteiger partial charge in [0.15, 0.2) is 0 Å². The van der Waals surface area contributed by atoms with Crippen LogP contribution in [-0.4, -0.2) is 72.5 Å². The number of hydrogen-bond donors (Lipinski definition) is 0. The predicted molar refractivity (Wildman–Crippen MR) is 136 cm³/mol. The molecule has 2 aromatic carbocycles. The molecule has 2 heterocycles. The monoisotopic (exact) mass is 511 g/mol. The largest absolute Gasteiger partial charge is 0.462 e. The van der Waals surface area contributed by atoms with Crippen molar-refractivity contribution in [2.24, 2.45) is 0 Å². The zero-order valence-electron chi connectivity index (χ0n) is 20.6. The average Bonchev–Trinajstić information content (AvgIpc) is 2.92. The number of piperidine rings is 1. The number of esters is 1. The van der Waals surface area contributed by atoms with E-state index in [-0.39, 0.29) is 48.1 Å². The zero-order valence-corrected chi connectivity index (χ0v) is 20.6. The maximum absolute atomic E-state index is 13.2. The molecule has 2 aromatic rings. The SMILES string of the molecule is CCOC(=O)c1ccc(N2CCN(C(=O)c3ccc(N4CCCCC4)c([N+](=O)[O-])c3)CC2)c([N+](=O)[O-])c1. The van der Waals surface area contributed by atoms with E-state index in [4.69, 9.17) is 4.74 Å². The van der Waals surface area contributed by atoms with E-state index in [2.05, 4.69) is 0 Å². The molecule has 12 nitrogen and oxygen atoms in total. The van der Waals surface area contributed by atoms with Gasteiger partial charge in [-0.25, -0.2) is 4.79 Å². The molecule has 0 N–H and O–H groups in total. The maximum Gasteiger partial charge on any atom is 0.338 e. The Hall–Kier alpha value is -4.22. The molecule has 0 aromatic heterocycles. The van der Waals surface area contributed by atoms with Crippen molar-refractivity contribution in [2.45, 2.75) is 26.2 Å². The Morgan fingerprint density at radius 3 is 1.84 bits per heavy atom. The van der Waals surface area contributed by atoms with Crippen LogP contribution in [-0.2, 0) is 4.74 Å². The number of piperazine rings is 1. The molecule has 2 fully saturated rings. The average molecular weight is 512 g/mol. The minimum atomic E-state index is -0.632. The van der Waals surface area contributed by atoms with Crippen LogP contribution in [0, 0.1) is 20.2 Å². The molecule has 1 amide bonds. The highest BCUT2D eigenvalue weighted by Crippen LogP contribution is 2.33. The molecule has 0 saturated carbocycles. The minimum Gasteiger partial charge on any atom is -0.462 e. The van der Waals surface area contributed by atoms with E-state index in [1.807, 2.05) is 4.90 Å². The van der Waals surface area contributed by atoms with Gasteiger partial charge in [0.2, 0.25) is 0 Å². The smallest absolute Gasteiger partial charge is 0.338 e. The van der Waals surface area contributed by atoms with Crippen LogP contribution < -0.4 is 9.80 Å². The Labute approximate surface area is 213 Å². The van der Waals surface area contributed by atoms with E-state index in [0.29, 0.717) is 24.5 Å². The van der Waals surface area contributed by atoms with Crippen LogP contribution in [0.4, 0.5) is 22.7 Å². The first-order chi connectivity index (χ1) is 17.8. The fourth-order valence-corrected chi connectivity index (χ4v) is 4.82. The summed E-state index contributed by atoms with van der Waals surface area (Å²) < 4.78 is 4.93. The molecule has 2 saturated heterocycles. The molecule has 0 unspecified atom stereocenters. The molecule has 0 bridgehead atoms. The van der Waals surface area contributed by atoms with Crippen molar-refractivity contribution in [3.8, 4) is 0 Å². The molecule has 0 atom stereocenters. The van der Waals surface area contributed by atoms with Crippen LogP contribution >= 0.6 is 0 Å². The number of carbonyl (C=O) groups excluding carboxylic acids is 2. The molecule has 0 aliphatic carbocycles. The molecule has 4 rings (SSSR count). The molecule has 0 spiro atoms. The number of benzene rings is 2. The quantitative estimate of drug-likeness (QED) is 0.310. The van der Waals surface area contributed by atoms with Gasteiger partial charge >= 0.3 is 5.97 Å². The summed E-state index contributed by atoms with van der Waals surface area (Å²) in [5.41, 5.74) is 0.931. The van der Waals surface area contributed by atoms with Gasteiger partial charge in [0.05, 0.1) is 22.0 Å². The third-order valence-corrected chi connectivity index (χ3v) is 6.71. The van der Waals surface area contributed by atoms with Crippen molar-refractivity contribution in [2.75, 3.05) is 55.7 Å². The Morgan fingerprint density at radius 1 is 0.784 bits per heavy atom. The molecule has 2 aliphatic heterocycles. The Balaban J connectivity index is 1.47. The van der Waals surface area contributed by atoms with Crippen molar-refractivity contribution in [3.63, 3.8) is 0 Å². The van der Waals surface area contributed by atoms with E-state index < -0.39 is 15.8 Å². The number of ether oxygens (including phenoxy) is 1. The Kier molecular flexibility index (Phi) is 7.85. The van der Waals surface area contributed by atoms with E-state index in [9.17, 15) is 29.8 Å². The molecule has 2 aliphatic rings. The maximum atomic E-state index is 13.2. The number of nitrogens with zero attached hydrogens (tertiary/aromatic N) is 5. The van der Waals surface area contributed by atoms with Crippen LogP contribution in [0.1, 0.15) is 46.9 Å². The fourth-order valence-electron chi connectivity index (χ4n) is 4.82. The van der Waals surface area contributed by atoms with Gasteiger partial charge in [-0.3, -0.25) is 25.0 Å². The summed E-state index contributed by atoms with van der Waals surface area (Å²) in [6.07, 6.45) is 3.06. The number of rotatable bonds is 7. The number of hydrogen-bond acceptors (Lipinski definition) is 9. The second-order valence-electron chi connectivity index (χ2n) is 8.97. The van der Waals surface area contributed by atoms with Gasteiger partial charge in [0.25, 0.3) is 17.3 Å². The second-order valence-corrected chi connectivity index (χ2v) is 8.97. The van der Waals surface area contributed by atoms with Crippen molar-refractivity contribution in [3.05, 3.63) is 67.8 Å².